The summed E-state index contributed by atoms with van der Waals surface area (Å²) >= 11 is 0. The molecule has 6 N–H and O–H groups in total. The Morgan fingerprint density at radius 1 is 0.630 bits per heavy atom. The number of amides is 3. The quantitative estimate of drug-likeness (QED) is 0.352. The van der Waals surface area contributed by atoms with Crippen LogP contribution < -0.4 is 21.7 Å². The van der Waals surface area contributed by atoms with Crippen LogP contribution in [0.3, 0.4) is 0 Å². The number of nitrogens with one attached hydrogen (secondary N) is 3. The summed E-state index contributed by atoms with van der Waals surface area (Å²) in [5.41, 5.74) is 5.53. The molecule has 0 saturated heterocycles. The highest BCUT2D eigenvalue weighted by Gasteiger charge is 2.33. The standard InChI is InChI=1S/C18H34N4O5/c1-8(2)12(20-15(23)11(7)19)16(24)21-13(9(3)4)17(25)22-14(10(5)6)18(26)27/h8-14H,19H2,1-7H3,(H,20,23)(H,21,24)(H,22,25)(H,26,27). The van der Waals surface area contributed by atoms with Gasteiger partial charge in [-0.3, -0.25) is 14.4 Å². The average Bonchev–Trinajstić information content (AvgIpc) is 2.52. The molecule has 0 radical (unpaired) electrons. The highest BCUT2D eigenvalue weighted by molar-refractivity contribution is 5.94. The number of nitrogens with two attached hydrogens (primary N) is 1. The molecule has 9 heteroatoms. The van der Waals surface area contributed by atoms with Crippen LogP contribution >= 0.6 is 0 Å². The molecule has 0 aliphatic heterocycles. The number of rotatable bonds is 10. The van der Waals surface area contributed by atoms with Gasteiger partial charge in [0.25, 0.3) is 0 Å². The van der Waals surface area contributed by atoms with Crippen molar-refractivity contribution in [2.45, 2.75) is 72.6 Å². The van der Waals surface area contributed by atoms with Gasteiger partial charge in [0.2, 0.25) is 17.7 Å². The van der Waals surface area contributed by atoms with E-state index in [0.717, 1.165) is 0 Å². The fourth-order valence-electron chi connectivity index (χ4n) is 2.35. The van der Waals surface area contributed by atoms with E-state index in [0.29, 0.717) is 0 Å². The lowest BCUT2D eigenvalue weighted by Gasteiger charge is -2.28. The largest absolute Gasteiger partial charge is 0.480 e. The van der Waals surface area contributed by atoms with Crippen molar-refractivity contribution in [1.29, 1.82) is 0 Å². The summed E-state index contributed by atoms with van der Waals surface area (Å²) in [4.78, 5) is 48.4. The second-order valence-corrected chi connectivity index (χ2v) is 7.82. The van der Waals surface area contributed by atoms with Gasteiger partial charge in [0.1, 0.15) is 18.1 Å². The lowest BCUT2D eigenvalue weighted by atomic mass is 9.98. The molecule has 9 nitrogen and oxygen atoms in total. The van der Waals surface area contributed by atoms with Gasteiger partial charge in [-0.15, -0.1) is 0 Å². The normalized spacial score (nSPS) is 15.8. The number of carbonyl (C=O) groups excluding carboxylic acids is 3. The van der Waals surface area contributed by atoms with E-state index in [2.05, 4.69) is 16.0 Å². The molecular formula is C18H34N4O5. The fraction of sp³-hybridized carbons (Fsp3) is 0.778. The van der Waals surface area contributed by atoms with Crippen molar-refractivity contribution < 1.29 is 24.3 Å². The Morgan fingerprint density at radius 2 is 0.926 bits per heavy atom. The highest BCUT2D eigenvalue weighted by Crippen LogP contribution is 2.09. The minimum Gasteiger partial charge on any atom is -0.480 e. The Labute approximate surface area is 160 Å². The van der Waals surface area contributed by atoms with Crippen molar-refractivity contribution >= 4 is 23.7 Å². The predicted octanol–water partition coefficient (Wildman–Crippen LogP) is -0.159. The van der Waals surface area contributed by atoms with Crippen LogP contribution in [0.1, 0.15) is 48.5 Å². The first-order chi connectivity index (χ1) is 12.3. The summed E-state index contributed by atoms with van der Waals surface area (Å²) in [6.45, 7) is 11.9. The zero-order valence-electron chi connectivity index (χ0n) is 17.2. The second-order valence-electron chi connectivity index (χ2n) is 7.82. The van der Waals surface area contributed by atoms with E-state index >= 15 is 0 Å². The first-order valence-electron chi connectivity index (χ1n) is 9.19. The number of hydrogen-bond acceptors (Lipinski definition) is 5. The van der Waals surface area contributed by atoms with Crippen LogP contribution in [0.4, 0.5) is 0 Å². The SMILES string of the molecule is CC(N)C(=O)NC(C(=O)NC(C(=O)NC(C(=O)O)C(C)C)C(C)C)C(C)C. The molecule has 0 bridgehead atoms. The summed E-state index contributed by atoms with van der Waals surface area (Å²) in [5.74, 6) is -3.55. The monoisotopic (exact) mass is 386 g/mol. The number of aliphatic carboxylic acids is 1. The molecule has 0 aromatic rings. The summed E-state index contributed by atoms with van der Waals surface area (Å²) in [6, 6.07) is -3.63. The maximum Gasteiger partial charge on any atom is 0.326 e. The van der Waals surface area contributed by atoms with Crippen molar-refractivity contribution in [3.63, 3.8) is 0 Å². The van der Waals surface area contributed by atoms with Crippen LogP contribution in [0.25, 0.3) is 0 Å². The van der Waals surface area contributed by atoms with E-state index in [-0.39, 0.29) is 17.8 Å². The molecule has 0 fully saturated rings. The van der Waals surface area contributed by atoms with Crippen molar-refractivity contribution in [1.82, 2.24) is 16.0 Å². The van der Waals surface area contributed by atoms with Crippen LogP contribution in [0, 0.1) is 17.8 Å². The van der Waals surface area contributed by atoms with Gasteiger partial charge in [0.15, 0.2) is 0 Å². The molecule has 4 atom stereocenters. The summed E-state index contributed by atoms with van der Waals surface area (Å²) in [5, 5.41) is 16.9. The van der Waals surface area contributed by atoms with Gasteiger partial charge in [0, 0.05) is 0 Å². The van der Waals surface area contributed by atoms with E-state index in [9.17, 15) is 24.3 Å². The van der Waals surface area contributed by atoms with Crippen molar-refractivity contribution in [2.24, 2.45) is 23.5 Å². The van der Waals surface area contributed by atoms with Gasteiger partial charge < -0.3 is 26.8 Å². The van der Waals surface area contributed by atoms with Crippen LogP contribution in [0.15, 0.2) is 0 Å². The Morgan fingerprint density at radius 3 is 1.19 bits per heavy atom. The molecule has 0 heterocycles. The maximum absolute atomic E-state index is 12.7. The van der Waals surface area contributed by atoms with Crippen LogP contribution in [0.5, 0.6) is 0 Å². The minimum absolute atomic E-state index is 0.231. The molecule has 156 valence electrons. The third-order valence-corrected chi connectivity index (χ3v) is 4.14. The number of carbonyl (C=O) groups is 4. The Hall–Kier alpha value is -2.16. The van der Waals surface area contributed by atoms with Crippen LogP contribution in [-0.2, 0) is 19.2 Å². The number of carboxylic acids is 1. The molecule has 0 aromatic heterocycles. The summed E-state index contributed by atoms with van der Waals surface area (Å²) in [7, 11) is 0. The fourth-order valence-corrected chi connectivity index (χ4v) is 2.35. The summed E-state index contributed by atoms with van der Waals surface area (Å²) < 4.78 is 0. The second kappa shape index (κ2) is 10.9. The van der Waals surface area contributed by atoms with E-state index in [1.807, 2.05) is 0 Å². The zero-order valence-corrected chi connectivity index (χ0v) is 17.2. The third-order valence-electron chi connectivity index (χ3n) is 4.14. The smallest absolute Gasteiger partial charge is 0.326 e. The molecule has 0 aliphatic rings. The lowest BCUT2D eigenvalue weighted by molar-refractivity contribution is -0.144. The Balaban J connectivity index is 5.30. The minimum atomic E-state index is -1.14. The van der Waals surface area contributed by atoms with Gasteiger partial charge in [-0.2, -0.15) is 0 Å². The molecule has 0 aliphatic carbocycles. The molecule has 0 saturated carbocycles. The third kappa shape index (κ3) is 7.94. The van der Waals surface area contributed by atoms with Crippen LogP contribution in [0.2, 0.25) is 0 Å². The predicted molar refractivity (Wildman–Crippen MR) is 102 cm³/mol. The molecule has 3 amide bonds. The zero-order chi connectivity index (χ0) is 21.5. The first kappa shape index (κ1) is 24.8. The first-order valence-corrected chi connectivity index (χ1v) is 9.19. The topological polar surface area (TPSA) is 151 Å². The molecular weight excluding hydrogens is 352 g/mol. The summed E-state index contributed by atoms with van der Waals surface area (Å²) in [6.07, 6.45) is 0. The van der Waals surface area contributed by atoms with E-state index in [1.165, 1.54) is 6.92 Å². The van der Waals surface area contributed by atoms with E-state index in [4.69, 9.17) is 5.73 Å². The molecule has 27 heavy (non-hydrogen) atoms. The molecule has 0 rings (SSSR count). The van der Waals surface area contributed by atoms with Gasteiger partial charge in [-0.05, 0) is 24.7 Å². The van der Waals surface area contributed by atoms with E-state index in [1.54, 1.807) is 41.5 Å². The molecule has 0 aromatic carbocycles. The van der Waals surface area contributed by atoms with Crippen molar-refractivity contribution in [2.75, 3.05) is 0 Å². The number of hydrogen-bond donors (Lipinski definition) is 5. The van der Waals surface area contributed by atoms with E-state index < -0.39 is 47.9 Å². The Bertz CT molecular complexity index is 546. The van der Waals surface area contributed by atoms with Gasteiger partial charge in [-0.25, -0.2) is 4.79 Å². The Kier molecular flexibility index (Phi) is 9.99. The number of carboxylic acid groups (broad SMARTS) is 1. The van der Waals surface area contributed by atoms with Gasteiger partial charge >= 0.3 is 5.97 Å². The molecule has 0 spiro atoms. The van der Waals surface area contributed by atoms with Crippen molar-refractivity contribution in [3.8, 4) is 0 Å². The van der Waals surface area contributed by atoms with Gasteiger partial charge in [0.05, 0.1) is 6.04 Å². The highest BCUT2D eigenvalue weighted by atomic mass is 16.4. The average molecular weight is 386 g/mol. The van der Waals surface area contributed by atoms with Gasteiger partial charge in [-0.1, -0.05) is 41.5 Å². The van der Waals surface area contributed by atoms with Crippen LogP contribution in [-0.4, -0.2) is 53.0 Å². The maximum atomic E-state index is 12.7. The lowest BCUT2D eigenvalue weighted by Crippen LogP contribution is -2.59. The molecule has 4 unspecified atom stereocenters. The van der Waals surface area contributed by atoms with Crippen molar-refractivity contribution in [3.05, 3.63) is 0 Å².